The molecule has 0 unspecified atom stereocenters. The second-order valence-electron chi connectivity index (χ2n) is 3.11. The Morgan fingerprint density at radius 3 is 3.08 bits per heavy atom. The molecule has 3 heteroatoms. The first-order valence-electron chi connectivity index (χ1n) is 4.30. The minimum Gasteiger partial charge on any atom is -0.439 e. The average Bonchev–Trinajstić information content (AvgIpc) is 2.46. The molecule has 0 spiro atoms. The van der Waals surface area contributed by atoms with Gasteiger partial charge in [-0.1, -0.05) is 6.07 Å². The summed E-state index contributed by atoms with van der Waals surface area (Å²) in [4.78, 5) is 4.33. The molecule has 1 heterocycles. The van der Waals surface area contributed by atoms with Crippen LogP contribution in [0.4, 0.5) is 0 Å². The van der Waals surface area contributed by atoms with Crippen molar-refractivity contribution in [1.82, 2.24) is 10.3 Å². The fraction of sp³-hybridized carbons (Fsp3) is 0.300. The molecule has 0 saturated heterocycles. The molecule has 2 rings (SSSR count). The molecule has 0 amide bonds. The van der Waals surface area contributed by atoms with Gasteiger partial charge in [-0.05, 0) is 31.7 Å². The number of aryl methyl sites for hydroxylation is 1. The van der Waals surface area contributed by atoms with Gasteiger partial charge in [0.05, 0.1) is 6.54 Å². The molecule has 1 N–H and O–H groups in total. The first-order valence-corrected chi connectivity index (χ1v) is 4.30. The number of rotatable bonds is 2. The standard InChI is InChI=1S/C10H12N2O/c1-7-3-4-9-8(5-7)12-10(13-9)6-11-2/h3-5,11H,6H2,1-2H3. The number of benzene rings is 1. The van der Waals surface area contributed by atoms with Crippen LogP contribution in [-0.2, 0) is 6.54 Å². The Morgan fingerprint density at radius 2 is 2.31 bits per heavy atom. The Balaban J connectivity index is 2.49. The summed E-state index contributed by atoms with van der Waals surface area (Å²) in [5, 5.41) is 3.00. The molecule has 0 atom stereocenters. The maximum Gasteiger partial charge on any atom is 0.209 e. The van der Waals surface area contributed by atoms with E-state index in [2.05, 4.69) is 10.3 Å². The molecule has 2 aromatic rings. The Morgan fingerprint density at radius 1 is 1.46 bits per heavy atom. The third-order valence-electron chi connectivity index (χ3n) is 1.92. The van der Waals surface area contributed by atoms with Gasteiger partial charge in [0.15, 0.2) is 5.58 Å². The zero-order chi connectivity index (χ0) is 9.26. The van der Waals surface area contributed by atoms with Crippen LogP contribution >= 0.6 is 0 Å². The van der Waals surface area contributed by atoms with E-state index in [1.165, 1.54) is 5.56 Å². The van der Waals surface area contributed by atoms with Crippen LogP contribution in [0.3, 0.4) is 0 Å². The molecule has 0 aliphatic rings. The molecular weight excluding hydrogens is 164 g/mol. The Labute approximate surface area is 76.8 Å². The van der Waals surface area contributed by atoms with Gasteiger partial charge in [-0.3, -0.25) is 0 Å². The normalized spacial score (nSPS) is 10.9. The van der Waals surface area contributed by atoms with Gasteiger partial charge >= 0.3 is 0 Å². The van der Waals surface area contributed by atoms with Crippen molar-refractivity contribution in [3.05, 3.63) is 29.7 Å². The van der Waals surface area contributed by atoms with Gasteiger partial charge in [0, 0.05) is 0 Å². The molecule has 0 saturated carbocycles. The zero-order valence-corrected chi connectivity index (χ0v) is 7.79. The second kappa shape index (κ2) is 3.18. The van der Waals surface area contributed by atoms with E-state index in [0.29, 0.717) is 6.54 Å². The number of fused-ring (bicyclic) bond motifs is 1. The van der Waals surface area contributed by atoms with Crippen LogP contribution in [0.15, 0.2) is 22.6 Å². The lowest BCUT2D eigenvalue weighted by atomic mass is 10.2. The van der Waals surface area contributed by atoms with E-state index in [-0.39, 0.29) is 0 Å². The Hall–Kier alpha value is -1.35. The average molecular weight is 176 g/mol. The van der Waals surface area contributed by atoms with E-state index in [0.717, 1.165) is 17.0 Å². The van der Waals surface area contributed by atoms with Crippen LogP contribution in [0.5, 0.6) is 0 Å². The highest BCUT2D eigenvalue weighted by Crippen LogP contribution is 2.16. The number of nitrogens with zero attached hydrogens (tertiary/aromatic N) is 1. The maximum absolute atomic E-state index is 5.49. The van der Waals surface area contributed by atoms with E-state index >= 15 is 0 Å². The summed E-state index contributed by atoms with van der Waals surface area (Å²) in [7, 11) is 1.88. The molecule has 13 heavy (non-hydrogen) atoms. The third-order valence-corrected chi connectivity index (χ3v) is 1.92. The van der Waals surface area contributed by atoms with Crippen molar-refractivity contribution in [3.63, 3.8) is 0 Å². The summed E-state index contributed by atoms with van der Waals surface area (Å²) in [6, 6.07) is 6.01. The number of hydrogen-bond acceptors (Lipinski definition) is 3. The molecule has 0 aliphatic carbocycles. The van der Waals surface area contributed by atoms with Gasteiger partial charge < -0.3 is 9.73 Å². The molecule has 0 bridgehead atoms. The lowest BCUT2D eigenvalue weighted by molar-refractivity contribution is 0.511. The molecule has 0 aliphatic heterocycles. The molecular formula is C10H12N2O. The Bertz CT molecular complexity index is 420. The summed E-state index contributed by atoms with van der Waals surface area (Å²) < 4.78 is 5.49. The lowest BCUT2D eigenvalue weighted by Gasteiger charge is -1.88. The molecule has 68 valence electrons. The van der Waals surface area contributed by atoms with Crippen molar-refractivity contribution in [1.29, 1.82) is 0 Å². The fourth-order valence-electron chi connectivity index (χ4n) is 1.31. The van der Waals surface area contributed by atoms with Gasteiger partial charge in [0.2, 0.25) is 5.89 Å². The highest BCUT2D eigenvalue weighted by molar-refractivity contribution is 5.73. The topological polar surface area (TPSA) is 38.1 Å². The van der Waals surface area contributed by atoms with Crippen LogP contribution in [-0.4, -0.2) is 12.0 Å². The van der Waals surface area contributed by atoms with E-state index < -0.39 is 0 Å². The van der Waals surface area contributed by atoms with Crippen molar-refractivity contribution in [3.8, 4) is 0 Å². The summed E-state index contributed by atoms with van der Waals surface area (Å²) in [6.07, 6.45) is 0. The highest BCUT2D eigenvalue weighted by atomic mass is 16.3. The summed E-state index contributed by atoms with van der Waals surface area (Å²) >= 11 is 0. The quantitative estimate of drug-likeness (QED) is 0.758. The van der Waals surface area contributed by atoms with Gasteiger partial charge in [-0.2, -0.15) is 0 Å². The molecule has 1 aromatic carbocycles. The first-order chi connectivity index (χ1) is 6.29. The van der Waals surface area contributed by atoms with Crippen LogP contribution in [0.1, 0.15) is 11.5 Å². The van der Waals surface area contributed by atoms with Crippen LogP contribution in [0.25, 0.3) is 11.1 Å². The predicted octanol–water partition coefficient (Wildman–Crippen LogP) is 1.86. The number of hydrogen-bond donors (Lipinski definition) is 1. The first kappa shape index (κ1) is 8.26. The van der Waals surface area contributed by atoms with E-state index in [1.54, 1.807) is 0 Å². The molecule has 1 aromatic heterocycles. The summed E-state index contributed by atoms with van der Waals surface area (Å²) in [6.45, 7) is 2.72. The van der Waals surface area contributed by atoms with Gasteiger partial charge in [0.25, 0.3) is 0 Å². The van der Waals surface area contributed by atoms with Crippen molar-refractivity contribution in [2.24, 2.45) is 0 Å². The van der Waals surface area contributed by atoms with E-state index in [4.69, 9.17) is 4.42 Å². The zero-order valence-electron chi connectivity index (χ0n) is 7.79. The highest BCUT2D eigenvalue weighted by Gasteiger charge is 2.03. The van der Waals surface area contributed by atoms with Crippen molar-refractivity contribution in [2.45, 2.75) is 13.5 Å². The number of nitrogens with one attached hydrogen (secondary N) is 1. The maximum atomic E-state index is 5.49. The largest absolute Gasteiger partial charge is 0.439 e. The van der Waals surface area contributed by atoms with E-state index in [1.807, 2.05) is 32.2 Å². The predicted molar refractivity (Wildman–Crippen MR) is 51.5 cm³/mol. The number of aromatic nitrogens is 1. The molecule has 0 fully saturated rings. The minimum atomic E-state index is 0.674. The smallest absolute Gasteiger partial charge is 0.209 e. The summed E-state index contributed by atoms with van der Waals surface area (Å²) in [5.41, 5.74) is 3.00. The van der Waals surface area contributed by atoms with Crippen molar-refractivity contribution >= 4 is 11.1 Å². The van der Waals surface area contributed by atoms with Crippen LogP contribution in [0.2, 0.25) is 0 Å². The van der Waals surface area contributed by atoms with Gasteiger partial charge in [-0.15, -0.1) is 0 Å². The fourth-order valence-corrected chi connectivity index (χ4v) is 1.31. The van der Waals surface area contributed by atoms with Gasteiger partial charge in [0.1, 0.15) is 5.52 Å². The lowest BCUT2D eigenvalue weighted by Crippen LogP contribution is -2.04. The monoisotopic (exact) mass is 176 g/mol. The van der Waals surface area contributed by atoms with Crippen LogP contribution < -0.4 is 5.32 Å². The van der Waals surface area contributed by atoms with Crippen molar-refractivity contribution < 1.29 is 4.42 Å². The van der Waals surface area contributed by atoms with Crippen LogP contribution in [0, 0.1) is 6.92 Å². The number of oxazole rings is 1. The second-order valence-corrected chi connectivity index (χ2v) is 3.11. The Kier molecular flexibility index (Phi) is 2.02. The van der Waals surface area contributed by atoms with E-state index in [9.17, 15) is 0 Å². The van der Waals surface area contributed by atoms with Gasteiger partial charge in [-0.25, -0.2) is 4.98 Å². The molecule has 3 nitrogen and oxygen atoms in total. The summed E-state index contributed by atoms with van der Waals surface area (Å²) in [5.74, 6) is 0.739. The SMILES string of the molecule is CNCc1nc2cc(C)ccc2o1. The van der Waals surface area contributed by atoms with Crippen molar-refractivity contribution in [2.75, 3.05) is 7.05 Å². The third kappa shape index (κ3) is 1.55. The molecule has 0 radical (unpaired) electrons. The minimum absolute atomic E-state index is 0.674.